The minimum absolute atomic E-state index is 0.327. The summed E-state index contributed by atoms with van der Waals surface area (Å²) in [5, 5.41) is 0. The third-order valence-corrected chi connectivity index (χ3v) is 2.04. The fraction of sp³-hybridized carbons (Fsp3) is 0. The summed E-state index contributed by atoms with van der Waals surface area (Å²) < 4.78 is 13.4. The molecular formula is C7H4BrFN2. The molecule has 0 aliphatic carbocycles. The van der Waals surface area contributed by atoms with Crippen molar-refractivity contribution in [3.63, 3.8) is 0 Å². The molecule has 0 amide bonds. The van der Waals surface area contributed by atoms with E-state index in [1.807, 2.05) is 0 Å². The van der Waals surface area contributed by atoms with E-state index in [4.69, 9.17) is 0 Å². The molecular weight excluding hydrogens is 211 g/mol. The number of nitrogens with one attached hydrogen (secondary N) is 1. The third kappa shape index (κ3) is 1.03. The summed E-state index contributed by atoms with van der Waals surface area (Å²) in [4.78, 5) is 6.77. The molecule has 0 saturated carbocycles. The van der Waals surface area contributed by atoms with Gasteiger partial charge in [0.1, 0.15) is 11.3 Å². The maximum atomic E-state index is 12.5. The molecule has 0 bridgehead atoms. The van der Waals surface area contributed by atoms with Crippen molar-refractivity contribution in [3.8, 4) is 0 Å². The number of fused-ring (bicyclic) bond motifs is 1. The second-order valence-electron chi connectivity index (χ2n) is 2.19. The van der Waals surface area contributed by atoms with Gasteiger partial charge in [-0.2, -0.15) is 0 Å². The van der Waals surface area contributed by atoms with Crippen LogP contribution in [-0.2, 0) is 0 Å². The van der Waals surface area contributed by atoms with Crippen LogP contribution in [0.15, 0.2) is 22.9 Å². The Labute approximate surface area is 70.6 Å². The van der Waals surface area contributed by atoms with Gasteiger partial charge in [0, 0.05) is 12.3 Å². The van der Waals surface area contributed by atoms with E-state index in [2.05, 4.69) is 25.9 Å². The lowest BCUT2D eigenvalue weighted by Gasteiger charge is -1.88. The number of halogens is 2. The molecule has 0 aromatic carbocycles. The summed E-state index contributed by atoms with van der Waals surface area (Å²) >= 11 is 3.28. The largest absolute Gasteiger partial charge is 0.359 e. The minimum atomic E-state index is -0.327. The van der Waals surface area contributed by atoms with E-state index in [9.17, 15) is 4.39 Å². The average Bonchev–Trinajstić information content (AvgIpc) is 2.32. The second-order valence-corrected chi connectivity index (χ2v) is 3.04. The van der Waals surface area contributed by atoms with Crippen molar-refractivity contribution in [2.75, 3.05) is 0 Å². The number of hydrogen-bond donors (Lipinski definition) is 1. The van der Waals surface area contributed by atoms with E-state index in [1.165, 1.54) is 12.3 Å². The molecule has 0 aliphatic heterocycles. The van der Waals surface area contributed by atoms with Gasteiger partial charge in [0.25, 0.3) is 0 Å². The number of rotatable bonds is 0. The summed E-state index contributed by atoms with van der Waals surface area (Å²) in [6, 6.07) is 1.41. The zero-order valence-electron chi connectivity index (χ0n) is 5.44. The first kappa shape index (κ1) is 6.79. The summed E-state index contributed by atoms with van der Waals surface area (Å²) in [6.45, 7) is 0. The lowest BCUT2D eigenvalue weighted by atomic mass is 10.4. The Balaban J connectivity index is 2.86. The predicted octanol–water partition coefficient (Wildman–Crippen LogP) is 2.46. The maximum Gasteiger partial charge on any atom is 0.143 e. The van der Waals surface area contributed by atoms with Gasteiger partial charge in [-0.25, -0.2) is 4.39 Å². The summed E-state index contributed by atoms with van der Waals surface area (Å²) in [6.07, 6.45) is 2.93. The van der Waals surface area contributed by atoms with E-state index in [-0.39, 0.29) is 5.82 Å². The van der Waals surface area contributed by atoms with Gasteiger partial charge in [0.05, 0.1) is 16.2 Å². The summed E-state index contributed by atoms with van der Waals surface area (Å²) in [7, 11) is 0. The number of aromatic amines is 1. The Morgan fingerprint density at radius 1 is 1.55 bits per heavy atom. The SMILES string of the molecule is Fc1cnc2c(Br)c[nH]c2c1. The molecule has 0 saturated heterocycles. The van der Waals surface area contributed by atoms with Crippen molar-refractivity contribution < 1.29 is 4.39 Å². The van der Waals surface area contributed by atoms with Gasteiger partial charge >= 0.3 is 0 Å². The topological polar surface area (TPSA) is 28.7 Å². The fourth-order valence-corrected chi connectivity index (χ4v) is 1.38. The normalized spacial score (nSPS) is 10.7. The molecule has 2 aromatic heterocycles. The predicted molar refractivity (Wildman–Crippen MR) is 43.8 cm³/mol. The van der Waals surface area contributed by atoms with Crippen LogP contribution in [0.4, 0.5) is 4.39 Å². The van der Waals surface area contributed by atoms with Gasteiger partial charge in [-0.15, -0.1) is 0 Å². The molecule has 0 atom stereocenters. The molecule has 0 spiro atoms. The van der Waals surface area contributed by atoms with Crippen LogP contribution in [0.3, 0.4) is 0 Å². The lowest BCUT2D eigenvalue weighted by Crippen LogP contribution is -1.78. The van der Waals surface area contributed by atoms with Gasteiger partial charge in [-0.05, 0) is 15.9 Å². The zero-order chi connectivity index (χ0) is 7.84. The molecule has 2 nitrogen and oxygen atoms in total. The number of nitrogens with zero attached hydrogens (tertiary/aromatic N) is 1. The molecule has 2 aromatic rings. The Hall–Kier alpha value is -0.900. The molecule has 0 fully saturated rings. The highest BCUT2D eigenvalue weighted by Crippen LogP contribution is 2.20. The van der Waals surface area contributed by atoms with Crippen LogP contribution >= 0.6 is 15.9 Å². The van der Waals surface area contributed by atoms with Gasteiger partial charge in [-0.3, -0.25) is 4.98 Å². The van der Waals surface area contributed by atoms with Crippen molar-refractivity contribution in [3.05, 3.63) is 28.7 Å². The Morgan fingerprint density at radius 3 is 3.18 bits per heavy atom. The smallest absolute Gasteiger partial charge is 0.143 e. The summed E-state index contributed by atoms with van der Waals surface area (Å²) in [5.74, 6) is -0.327. The van der Waals surface area contributed by atoms with Crippen LogP contribution in [0, 0.1) is 5.82 Å². The molecule has 0 aliphatic rings. The molecule has 56 valence electrons. The van der Waals surface area contributed by atoms with Crippen molar-refractivity contribution in [1.29, 1.82) is 0 Å². The Bertz CT molecular complexity index is 396. The number of aromatic nitrogens is 2. The van der Waals surface area contributed by atoms with Crippen LogP contribution in [-0.4, -0.2) is 9.97 Å². The van der Waals surface area contributed by atoms with Gasteiger partial charge in [0.15, 0.2) is 0 Å². The highest BCUT2D eigenvalue weighted by Gasteiger charge is 2.01. The van der Waals surface area contributed by atoms with E-state index in [0.717, 1.165) is 9.99 Å². The average molecular weight is 215 g/mol. The third-order valence-electron chi connectivity index (χ3n) is 1.43. The monoisotopic (exact) mass is 214 g/mol. The first-order valence-corrected chi connectivity index (χ1v) is 3.85. The van der Waals surface area contributed by atoms with E-state index < -0.39 is 0 Å². The van der Waals surface area contributed by atoms with Crippen molar-refractivity contribution in [2.45, 2.75) is 0 Å². The molecule has 2 heterocycles. The van der Waals surface area contributed by atoms with Crippen molar-refractivity contribution in [1.82, 2.24) is 9.97 Å². The number of pyridine rings is 1. The Kier molecular flexibility index (Phi) is 1.42. The summed E-state index contributed by atoms with van der Waals surface area (Å²) in [5.41, 5.74) is 1.46. The van der Waals surface area contributed by atoms with E-state index in [1.54, 1.807) is 6.20 Å². The van der Waals surface area contributed by atoms with Crippen LogP contribution in [0.5, 0.6) is 0 Å². The minimum Gasteiger partial charge on any atom is -0.359 e. The highest BCUT2D eigenvalue weighted by molar-refractivity contribution is 9.10. The van der Waals surface area contributed by atoms with Crippen molar-refractivity contribution in [2.24, 2.45) is 0 Å². The molecule has 2 rings (SSSR count). The van der Waals surface area contributed by atoms with Crippen LogP contribution in [0.25, 0.3) is 11.0 Å². The first-order valence-electron chi connectivity index (χ1n) is 3.05. The first-order chi connectivity index (χ1) is 5.27. The van der Waals surface area contributed by atoms with Crippen LogP contribution in [0.1, 0.15) is 0 Å². The standard InChI is InChI=1S/C7H4BrFN2/c8-5-3-10-6-1-4(9)2-11-7(5)6/h1-3,10H. The Morgan fingerprint density at radius 2 is 2.36 bits per heavy atom. The van der Waals surface area contributed by atoms with Crippen molar-refractivity contribution >= 4 is 27.0 Å². The molecule has 0 unspecified atom stereocenters. The second kappa shape index (κ2) is 2.30. The highest BCUT2D eigenvalue weighted by atomic mass is 79.9. The van der Waals surface area contributed by atoms with Gasteiger partial charge < -0.3 is 4.98 Å². The number of hydrogen-bond acceptors (Lipinski definition) is 1. The fourth-order valence-electron chi connectivity index (χ4n) is 0.949. The van der Waals surface area contributed by atoms with Gasteiger partial charge in [0.2, 0.25) is 0 Å². The molecule has 1 N–H and O–H groups in total. The lowest BCUT2D eigenvalue weighted by molar-refractivity contribution is 0.624. The number of H-pyrrole nitrogens is 1. The maximum absolute atomic E-state index is 12.5. The van der Waals surface area contributed by atoms with Crippen LogP contribution in [0.2, 0.25) is 0 Å². The van der Waals surface area contributed by atoms with E-state index >= 15 is 0 Å². The molecule has 4 heteroatoms. The molecule has 0 radical (unpaired) electrons. The quantitative estimate of drug-likeness (QED) is 0.718. The van der Waals surface area contributed by atoms with E-state index in [0.29, 0.717) is 5.52 Å². The van der Waals surface area contributed by atoms with Gasteiger partial charge in [-0.1, -0.05) is 0 Å². The van der Waals surface area contributed by atoms with Crippen LogP contribution < -0.4 is 0 Å². The zero-order valence-corrected chi connectivity index (χ0v) is 7.02. The molecule has 11 heavy (non-hydrogen) atoms.